The van der Waals surface area contributed by atoms with E-state index in [1.165, 1.54) is 12.8 Å². The quantitative estimate of drug-likeness (QED) is 0.731. The van der Waals surface area contributed by atoms with Crippen LogP contribution in [0.3, 0.4) is 0 Å². The van der Waals surface area contributed by atoms with Gasteiger partial charge < -0.3 is 15.5 Å². The van der Waals surface area contributed by atoms with Gasteiger partial charge in [0, 0.05) is 12.1 Å². The summed E-state index contributed by atoms with van der Waals surface area (Å²) in [5.74, 6) is -0.809. The summed E-state index contributed by atoms with van der Waals surface area (Å²) >= 11 is 0. The first-order chi connectivity index (χ1) is 9.13. The Morgan fingerprint density at radius 2 is 1.74 bits per heavy atom. The second kappa shape index (κ2) is 6.17. The largest absolute Gasteiger partial charge is 0.481 e. The lowest BCUT2D eigenvalue weighted by Gasteiger charge is -2.28. The fourth-order valence-corrected chi connectivity index (χ4v) is 2.68. The van der Waals surface area contributed by atoms with E-state index in [0.29, 0.717) is 6.54 Å². The molecule has 0 aromatic heterocycles. The van der Waals surface area contributed by atoms with Gasteiger partial charge >= 0.3 is 5.97 Å². The molecule has 19 heavy (non-hydrogen) atoms. The number of benzene rings is 1. The lowest BCUT2D eigenvalue weighted by atomic mass is 9.98. The molecular weight excluding hydrogens is 242 g/mol. The van der Waals surface area contributed by atoms with Crippen molar-refractivity contribution < 1.29 is 15.0 Å². The Kier molecular flexibility index (Phi) is 4.56. The summed E-state index contributed by atoms with van der Waals surface area (Å²) in [6.45, 7) is 0.901. The van der Waals surface area contributed by atoms with Crippen LogP contribution in [-0.4, -0.2) is 28.3 Å². The minimum atomic E-state index is -0.809. The number of aliphatic hydroxyl groups is 1. The van der Waals surface area contributed by atoms with Crippen LogP contribution >= 0.6 is 0 Å². The number of hydrogen-bond donors (Lipinski definition) is 3. The van der Waals surface area contributed by atoms with Gasteiger partial charge in [0.15, 0.2) is 0 Å². The van der Waals surface area contributed by atoms with E-state index in [1.54, 1.807) is 0 Å². The molecule has 0 bridgehead atoms. The lowest BCUT2D eigenvalue weighted by Crippen LogP contribution is -2.45. The second-order valence-electron chi connectivity index (χ2n) is 5.39. The molecule has 0 aliphatic heterocycles. The fraction of sp³-hybridized carbons (Fsp3) is 0.533. The zero-order valence-electron chi connectivity index (χ0n) is 11.1. The van der Waals surface area contributed by atoms with Crippen LogP contribution in [0.2, 0.25) is 0 Å². The SMILES string of the molecule is O=C(O)Cc1ccc(CNC2(CO)CCCC2)cc1. The molecule has 1 aliphatic rings. The predicted molar refractivity (Wildman–Crippen MR) is 72.9 cm³/mol. The molecule has 1 aromatic rings. The van der Waals surface area contributed by atoms with Crippen LogP contribution in [0.4, 0.5) is 0 Å². The maximum absolute atomic E-state index is 10.6. The van der Waals surface area contributed by atoms with E-state index in [2.05, 4.69) is 5.32 Å². The molecule has 0 heterocycles. The van der Waals surface area contributed by atoms with Crippen LogP contribution < -0.4 is 5.32 Å². The van der Waals surface area contributed by atoms with E-state index in [4.69, 9.17) is 5.11 Å². The van der Waals surface area contributed by atoms with Crippen molar-refractivity contribution >= 4 is 5.97 Å². The average Bonchev–Trinajstić information content (AvgIpc) is 2.87. The molecule has 4 nitrogen and oxygen atoms in total. The highest BCUT2D eigenvalue weighted by atomic mass is 16.4. The number of carboxylic acids is 1. The Bertz CT molecular complexity index is 422. The minimum Gasteiger partial charge on any atom is -0.481 e. The lowest BCUT2D eigenvalue weighted by molar-refractivity contribution is -0.136. The van der Waals surface area contributed by atoms with Crippen LogP contribution in [-0.2, 0) is 17.8 Å². The molecule has 0 radical (unpaired) electrons. The topological polar surface area (TPSA) is 69.6 Å². The number of rotatable bonds is 6. The Morgan fingerprint density at radius 1 is 1.16 bits per heavy atom. The normalized spacial score (nSPS) is 17.5. The van der Waals surface area contributed by atoms with E-state index >= 15 is 0 Å². The van der Waals surface area contributed by atoms with E-state index in [-0.39, 0.29) is 18.6 Å². The molecule has 2 rings (SSSR count). The van der Waals surface area contributed by atoms with Crippen molar-refractivity contribution in [2.24, 2.45) is 0 Å². The summed E-state index contributed by atoms with van der Waals surface area (Å²) in [6, 6.07) is 7.60. The first-order valence-corrected chi connectivity index (χ1v) is 6.79. The molecular formula is C15H21NO3. The van der Waals surface area contributed by atoms with Crippen molar-refractivity contribution in [1.82, 2.24) is 5.32 Å². The number of nitrogens with one attached hydrogen (secondary N) is 1. The molecule has 1 aromatic carbocycles. The Labute approximate surface area is 113 Å². The summed E-state index contributed by atoms with van der Waals surface area (Å²) < 4.78 is 0. The van der Waals surface area contributed by atoms with Crippen LogP contribution in [0.15, 0.2) is 24.3 Å². The number of hydrogen-bond acceptors (Lipinski definition) is 3. The van der Waals surface area contributed by atoms with Gasteiger partial charge in [-0.3, -0.25) is 4.79 Å². The minimum absolute atomic E-state index is 0.0638. The maximum atomic E-state index is 10.6. The van der Waals surface area contributed by atoms with Crippen LogP contribution in [0.5, 0.6) is 0 Å². The van der Waals surface area contributed by atoms with Gasteiger partial charge in [-0.2, -0.15) is 0 Å². The fourth-order valence-electron chi connectivity index (χ4n) is 2.68. The average molecular weight is 263 g/mol. The molecule has 3 N–H and O–H groups in total. The highest BCUT2D eigenvalue weighted by molar-refractivity contribution is 5.70. The molecule has 0 unspecified atom stereocenters. The van der Waals surface area contributed by atoms with Crippen LogP contribution in [0, 0.1) is 0 Å². The summed E-state index contributed by atoms with van der Waals surface area (Å²) in [5, 5.41) is 21.7. The van der Waals surface area contributed by atoms with Crippen LogP contribution in [0.25, 0.3) is 0 Å². The molecule has 4 heteroatoms. The van der Waals surface area contributed by atoms with Crippen molar-refractivity contribution in [3.05, 3.63) is 35.4 Å². The molecule has 0 spiro atoms. The highest BCUT2D eigenvalue weighted by Crippen LogP contribution is 2.29. The van der Waals surface area contributed by atoms with Crippen molar-refractivity contribution in [2.45, 2.75) is 44.2 Å². The molecule has 0 saturated heterocycles. The van der Waals surface area contributed by atoms with Gasteiger partial charge in [0.1, 0.15) is 0 Å². The highest BCUT2D eigenvalue weighted by Gasteiger charge is 2.32. The van der Waals surface area contributed by atoms with Gasteiger partial charge in [-0.15, -0.1) is 0 Å². The van der Waals surface area contributed by atoms with Gasteiger partial charge in [-0.25, -0.2) is 0 Å². The second-order valence-corrected chi connectivity index (χ2v) is 5.39. The Morgan fingerprint density at radius 3 is 2.26 bits per heavy atom. The molecule has 104 valence electrons. The van der Waals surface area contributed by atoms with Crippen molar-refractivity contribution in [2.75, 3.05) is 6.61 Å². The number of aliphatic hydroxyl groups excluding tert-OH is 1. The number of carbonyl (C=O) groups is 1. The molecule has 1 aliphatic carbocycles. The van der Waals surface area contributed by atoms with Gasteiger partial charge in [-0.1, -0.05) is 37.1 Å². The zero-order valence-corrected chi connectivity index (χ0v) is 11.1. The third-order valence-corrected chi connectivity index (χ3v) is 3.91. The van der Waals surface area contributed by atoms with E-state index < -0.39 is 5.97 Å². The third kappa shape index (κ3) is 3.78. The van der Waals surface area contributed by atoms with E-state index in [0.717, 1.165) is 24.0 Å². The van der Waals surface area contributed by atoms with Crippen molar-refractivity contribution in [3.8, 4) is 0 Å². The van der Waals surface area contributed by atoms with Crippen molar-refractivity contribution in [1.29, 1.82) is 0 Å². The summed E-state index contributed by atoms with van der Waals surface area (Å²) in [6.07, 6.45) is 4.46. The third-order valence-electron chi connectivity index (χ3n) is 3.91. The molecule has 0 atom stereocenters. The Hall–Kier alpha value is -1.39. The van der Waals surface area contributed by atoms with E-state index in [1.807, 2.05) is 24.3 Å². The van der Waals surface area contributed by atoms with E-state index in [9.17, 15) is 9.90 Å². The predicted octanol–water partition coefficient (Wildman–Crippen LogP) is 1.71. The monoisotopic (exact) mass is 263 g/mol. The summed E-state index contributed by atoms with van der Waals surface area (Å²) in [7, 11) is 0. The number of aliphatic carboxylic acids is 1. The zero-order chi connectivity index (χ0) is 13.7. The smallest absolute Gasteiger partial charge is 0.307 e. The summed E-state index contributed by atoms with van der Waals surface area (Å²) in [5.41, 5.74) is 1.82. The Balaban J connectivity index is 1.90. The van der Waals surface area contributed by atoms with Crippen LogP contribution in [0.1, 0.15) is 36.8 Å². The standard InChI is InChI=1S/C15H21NO3/c17-11-15(7-1-2-8-15)16-10-13-5-3-12(4-6-13)9-14(18)19/h3-6,16-17H,1-2,7-11H2,(H,18,19). The van der Waals surface area contributed by atoms with Gasteiger partial charge in [0.25, 0.3) is 0 Å². The van der Waals surface area contributed by atoms with Gasteiger partial charge in [0.2, 0.25) is 0 Å². The molecule has 0 amide bonds. The van der Waals surface area contributed by atoms with Gasteiger partial charge in [-0.05, 0) is 24.0 Å². The molecule has 1 saturated carbocycles. The first kappa shape index (κ1) is 14.0. The first-order valence-electron chi connectivity index (χ1n) is 6.79. The van der Waals surface area contributed by atoms with Crippen molar-refractivity contribution in [3.63, 3.8) is 0 Å². The maximum Gasteiger partial charge on any atom is 0.307 e. The molecule has 1 fully saturated rings. The number of carboxylic acid groups (broad SMARTS) is 1. The van der Waals surface area contributed by atoms with Gasteiger partial charge in [0.05, 0.1) is 13.0 Å². The summed E-state index contributed by atoms with van der Waals surface area (Å²) in [4.78, 5) is 10.6.